The van der Waals surface area contributed by atoms with Gasteiger partial charge in [-0.2, -0.15) is 0 Å². The van der Waals surface area contributed by atoms with Crippen molar-refractivity contribution >= 4 is 17.5 Å². The lowest BCUT2D eigenvalue weighted by molar-refractivity contribution is -0.0284. The number of nitrogens with zero attached hydrogens (tertiary/aromatic N) is 2. The Morgan fingerprint density at radius 1 is 1.19 bits per heavy atom. The summed E-state index contributed by atoms with van der Waals surface area (Å²) < 4.78 is 0. The molecule has 0 spiro atoms. The molecule has 2 aromatic rings. The first kappa shape index (κ1) is 18.8. The second-order valence-electron chi connectivity index (χ2n) is 6.83. The van der Waals surface area contributed by atoms with E-state index in [-0.39, 0.29) is 11.1 Å². The van der Waals surface area contributed by atoms with E-state index in [4.69, 9.17) is 11.6 Å². The van der Waals surface area contributed by atoms with E-state index in [0.717, 1.165) is 19.6 Å². The van der Waals surface area contributed by atoms with Crippen LogP contribution < -0.4 is 5.32 Å². The van der Waals surface area contributed by atoms with Crippen LogP contribution in [0.15, 0.2) is 48.7 Å². The van der Waals surface area contributed by atoms with Crippen molar-refractivity contribution in [3.63, 3.8) is 0 Å². The van der Waals surface area contributed by atoms with E-state index >= 15 is 0 Å². The zero-order valence-corrected chi connectivity index (χ0v) is 15.5. The highest BCUT2D eigenvalue weighted by Gasteiger charge is 2.31. The van der Waals surface area contributed by atoms with Gasteiger partial charge in [-0.3, -0.25) is 9.69 Å². The van der Waals surface area contributed by atoms with E-state index in [1.165, 1.54) is 5.56 Å². The van der Waals surface area contributed by atoms with Gasteiger partial charge >= 0.3 is 0 Å². The molecule has 0 saturated carbocycles. The SMILES string of the molecule is O=C(NCCC1(O)CCN(Cc2ccccc2)CC1)c1cccnc1Cl. The Balaban J connectivity index is 1.43. The van der Waals surface area contributed by atoms with Crippen molar-refractivity contribution in [3.05, 3.63) is 64.9 Å². The average Bonchev–Trinajstić information content (AvgIpc) is 2.65. The summed E-state index contributed by atoms with van der Waals surface area (Å²) in [5, 5.41) is 13.8. The van der Waals surface area contributed by atoms with Crippen LogP contribution in [0.25, 0.3) is 0 Å². The lowest BCUT2D eigenvalue weighted by Gasteiger charge is -2.38. The van der Waals surface area contributed by atoms with Crippen molar-refractivity contribution in [2.24, 2.45) is 0 Å². The molecule has 26 heavy (non-hydrogen) atoms. The van der Waals surface area contributed by atoms with Gasteiger partial charge in [0.25, 0.3) is 5.91 Å². The largest absolute Gasteiger partial charge is 0.390 e. The van der Waals surface area contributed by atoms with Gasteiger partial charge in [-0.05, 0) is 37.0 Å². The van der Waals surface area contributed by atoms with E-state index in [2.05, 4.69) is 27.3 Å². The number of carbonyl (C=O) groups excluding carboxylic acids is 1. The summed E-state index contributed by atoms with van der Waals surface area (Å²) in [6.07, 6.45) is 3.51. The number of rotatable bonds is 6. The van der Waals surface area contributed by atoms with Crippen molar-refractivity contribution in [2.45, 2.75) is 31.4 Å². The molecule has 0 radical (unpaired) electrons. The molecule has 1 fully saturated rings. The number of halogens is 1. The van der Waals surface area contributed by atoms with Crippen LogP contribution in [0.3, 0.4) is 0 Å². The third kappa shape index (κ3) is 5.04. The van der Waals surface area contributed by atoms with Crippen molar-refractivity contribution in [1.82, 2.24) is 15.2 Å². The first-order valence-electron chi connectivity index (χ1n) is 8.93. The predicted molar refractivity (Wildman–Crippen MR) is 102 cm³/mol. The number of pyridine rings is 1. The van der Waals surface area contributed by atoms with Crippen LogP contribution in [0.1, 0.15) is 35.2 Å². The van der Waals surface area contributed by atoms with Gasteiger partial charge in [0.05, 0.1) is 11.2 Å². The smallest absolute Gasteiger partial charge is 0.254 e. The predicted octanol–water partition coefficient (Wildman–Crippen LogP) is 2.88. The zero-order valence-electron chi connectivity index (χ0n) is 14.7. The Morgan fingerprint density at radius 3 is 2.62 bits per heavy atom. The molecule has 1 aromatic heterocycles. The van der Waals surface area contributed by atoms with Crippen LogP contribution in [-0.2, 0) is 6.54 Å². The van der Waals surface area contributed by atoms with Crippen LogP contribution >= 0.6 is 11.6 Å². The van der Waals surface area contributed by atoms with Crippen LogP contribution in [0.4, 0.5) is 0 Å². The van der Waals surface area contributed by atoms with Crippen LogP contribution in [0.2, 0.25) is 5.15 Å². The quantitative estimate of drug-likeness (QED) is 0.764. The van der Waals surface area contributed by atoms with Crippen LogP contribution in [-0.4, -0.2) is 46.1 Å². The molecular weight excluding hydrogens is 350 g/mol. The molecule has 1 amide bonds. The molecule has 3 rings (SSSR count). The van der Waals surface area contributed by atoms with Crippen molar-refractivity contribution in [3.8, 4) is 0 Å². The van der Waals surface area contributed by atoms with Crippen molar-refractivity contribution < 1.29 is 9.90 Å². The number of carbonyl (C=O) groups is 1. The summed E-state index contributed by atoms with van der Waals surface area (Å²) in [6, 6.07) is 13.7. The molecule has 0 atom stereocenters. The molecule has 1 aliphatic rings. The third-order valence-electron chi connectivity index (χ3n) is 4.92. The number of benzene rings is 1. The molecule has 1 aromatic carbocycles. The van der Waals surface area contributed by atoms with E-state index in [9.17, 15) is 9.90 Å². The Kier molecular flexibility index (Phi) is 6.25. The monoisotopic (exact) mass is 373 g/mol. The number of hydrogen-bond donors (Lipinski definition) is 2. The maximum Gasteiger partial charge on any atom is 0.254 e. The van der Waals surface area contributed by atoms with Crippen LogP contribution in [0.5, 0.6) is 0 Å². The number of aliphatic hydroxyl groups is 1. The molecule has 1 saturated heterocycles. The summed E-state index contributed by atoms with van der Waals surface area (Å²) in [5.41, 5.74) is 0.927. The lowest BCUT2D eigenvalue weighted by Crippen LogP contribution is -2.45. The highest BCUT2D eigenvalue weighted by molar-refractivity contribution is 6.32. The Bertz CT molecular complexity index is 731. The zero-order chi connectivity index (χ0) is 18.4. The minimum atomic E-state index is -0.723. The Morgan fingerprint density at radius 2 is 1.92 bits per heavy atom. The molecule has 0 aliphatic carbocycles. The van der Waals surface area contributed by atoms with E-state index < -0.39 is 5.60 Å². The molecule has 6 heteroatoms. The highest BCUT2D eigenvalue weighted by Crippen LogP contribution is 2.26. The van der Waals surface area contributed by atoms with Gasteiger partial charge < -0.3 is 10.4 Å². The third-order valence-corrected chi connectivity index (χ3v) is 5.22. The maximum atomic E-state index is 12.1. The van der Waals surface area contributed by atoms with Gasteiger partial charge in [-0.25, -0.2) is 4.98 Å². The van der Waals surface area contributed by atoms with E-state index in [1.807, 2.05) is 18.2 Å². The second-order valence-corrected chi connectivity index (χ2v) is 7.19. The number of hydrogen-bond acceptors (Lipinski definition) is 4. The first-order valence-corrected chi connectivity index (χ1v) is 9.31. The van der Waals surface area contributed by atoms with E-state index in [1.54, 1.807) is 18.3 Å². The van der Waals surface area contributed by atoms with Gasteiger partial charge in [0, 0.05) is 32.4 Å². The number of amides is 1. The summed E-state index contributed by atoms with van der Waals surface area (Å²) in [4.78, 5) is 18.4. The summed E-state index contributed by atoms with van der Waals surface area (Å²) >= 11 is 5.93. The molecule has 2 N–H and O–H groups in total. The molecule has 2 heterocycles. The normalized spacial score (nSPS) is 17.0. The van der Waals surface area contributed by atoms with E-state index in [0.29, 0.717) is 31.4 Å². The summed E-state index contributed by atoms with van der Waals surface area (Å²) in [6.45, 7) is 3.04. The standard InChI is InChI=1S/C20H24ClN3O2/c21-18-17(7-4-11-22-18)19(25)23-12-8-20(26)9-13-24(14-10-20)15-16-5-2-1-3-6-16/h1-7,11,26H,8-10,12-15H2,(H,23,25). The molecule has 138 valence electrons. The fourth-order valence-corrected chi connectivity index (χ4v) is 3.48. The van der Waals surface area contributed by atoms with Gasteiger partial charge in [0.1, 0.15) is 5.15 Å². The number of aromatic nitrogens is 1. The number of piperidine rings is 1. The highest BCUT2D eigenvalue weighted by atomic mass is 35.5. The minimum absolute atomic E-state index is 0.193. The topological polar surface area (TPSA) is 65.5 Å². The Labute approximate surface area is 159 Å². The summed E-state index contributed by atoms with van der Waals surface area (Å²) in [5.74, 6) is -0.256. The van der Waals surface area contributed by atoms with Gasteiger partial charge in [-0.1, -0.05) is 41.9 Å². The fraction of sp³-hybridized carbons (Fsp3) is 0.400. The van der Waals surface area contributed by atoms with Gasteiger partial charge in [0.2, 0.25) is 0 Å². The Hall–Kier alpha value is -1.95. The van der Waals surface area contributed by atoms with Crippen molar-refractivity contribution in [1.29, 1.82) is 0 Å². The first-order chi connectivity index (χ1) is 12.6. The van der Waals surface area contributed by atoms with Gasteiger partial charge in [-0.15, -0.1) is 0 Å². The number of nitrogens with one attached hydrogen (secondary N) is 1. The van der Waals surface area contributed by atoms with Crippen LogP contribution in [0, 0.1) is 0 Å². The maximum absolute atomic E-state index is 12.1. The molecule has 0 bridgehead atoms. The average molecular weight is 374 g/mol. The molecule has 0 unspecified atom stereocenters. The fourth-order valence-electron chi connectivity index (χ4n) is 3.28. The lowest BCUT2D eigenvalue weighted by atomic mass is 9.88. The molecule has 1 aliphatic heterocycles. The number of likely N-dealkylation sites (tertiary alicyclic amines) is 1. The molecule has 5 nitrogen and oxygen atoms in total. The summed E-state index contributed by atoms with van der Waals surface area (Å²) in [7, 11) is 0. The molecular formula is C20H24ClN3O2. The van der Waals surface area contributed by atoms with Gasteiger partial charge in [0.15, 0.2) is 0 Å². The van der Waals surface area contributed by atoms with Crippen molar-refractivity contribution in [2.75, 3.05) is 19.6 Å². The minimum Gasteiger partial charge on any atom is -0.390 e. The second kappa shape index (κ2) is 8.62.